The Morgan fingerprint density at radius 2 is 2.07 bits per heavy atom. The third kappa shape index (κ3) is 2.82. The van der Waals surface area contributed by atoms with Gasteiger partial charge in [0.25, 0.3) is 0 Å². The molecule has 0 aliphatic carbocycles. The molecule has 1 aliphatic heterocycles. The quantitative estimate of drug-likeness (QED) is 0.793. The van der Waals surface area contributed by atoms with Crippen LogP contribution in [0.25, 0.3) is 0 Å². The van der Waals surface area contributed by atoms with Gasteiger partial charge >= 0.3 is 0 Å². The Morgan fingerprint density at radius 3 is 2.80 bits per heavy atom. The highest BCUT2D eigenvalue weighted by atomic mass is 14.9. The normalized spacial score (nSPS) is 25.7. The van der Waals surface area contributed by atoms with Crippen LogP contribution in [0.5, 0.6) is 0 Å². The number of aryl methyl sites for hydroxylation is 1. The summed E-state index contributed by atoms with van der Waals surface area (Å²) in [4.78, 5) is 0. The third-order valence-corrected chi connectivity index (χ3v) is 3.60. The van der Waals surface area contributed by atoms with Crippen molar-refractivity contribution in [1.82, 2.24) is 5.32 Å². The lowest BCUT2D eigenvalue weighted by molar-refractivity contribution is 0.413. The summed E-state index contributed by atoms with van der Waals surface area (Å²) in [5.74, 6) is 0.911. The van der Waals surface area contributed by atoms with E-state index < -0.39 is 0 Å². The molecule has 0 amide bonds. The Bertz CT molecular complexity index is 281. The molecule has 0 saturated carbocycles. The predicted molar refractivity (Wildman–Crippen MR) is 65.0 cm³/mol. The maximum atomic E-state index is 3.63. The molecule has 0 bridgehead atoms. The minimum atomic E-state index is 0.759. The molecule has 1 heteroatoms. The van der Waals surface area contributed by atoms with Crippen molar-refractivity contribution >= 4 is 0 Å². The summed E-state index contributed by atoms with van der Waals surface area (Å²) >= 11 is 0. The van der Waals surface area contributed by atoms with Crippen LogP contribution in [-0.4, -0.2) is 12.6 Å². The van der Waals surface area contributed by atoms with Gasteiger partial charge in [0.05, 0.1) is 0 Å². The molecule has 82 valence electrons. The minimum absolute atomic E-state index is 0.759. The van der Waals surface area contributed by atoms with E-state index in [1.807, 2.05) is 0 Å². The molecule has 2 rings (SSSR count). The molecule has 1 nitrogen and oxygen atoms in total. The second-order valence-electron chi connectivity index (χ2n) is 4.54. The number of hydrogen-bond donors (Lipinski definition) is 1. The van der Waals surface area contributed by atoms with E-state index in [0.717, 1.165) is 12.0 Å². The summed E-state index contributed by atoms with van der Waals surface area (Å²) in [6.45, 7) is 3.53. The number of benzene rings is 1. The van der Waals surface area contributed by atoms with Gasteiger partial charge in [-0.3, -0.25) is 0 Å². The fourth-order valence-electron chi connectivity index (χ4n) is 2.62. The van der Waals surface area contributed by atoms with Crippen molar-refractivity contribution < 1.29 is 0 Å². The monoisotopic (exact) mass is 203 g/mol. The topological polar surface area (TPSA) is 12.0 Å². The lowest BCUT2D eigenvalue weighted by Crippen LogP contribution is -2.27. The Balaban J connectivity index is 1.83. The highest BCUT2D eigenvalue weighted by molar-refractivity contribution is 5.14. The van der Waals surface area contributed by atoms with Crippen LogP contribution in [0.3, 0.4) is 0 Å². The first kappa shape index (κ1) is 10.7. The molecule has 1 aliphatic rings. The van der Waals surface area contributed by atoms with Crippen molar-refractivity contribution in [1.29, 1.82) is 0 Å². The molecule has 0 spiro atoms. The molecule has 1 saturated heterocycles. The molecule has 1 aromatic carbocycles. The first-order valence-corrected chi connectivity index (χ1v) is 6.17. The standard InChI is InChI=1S/C14H21N/c1-2-13-10-11-15-14(13)9-8-12-6-4-3-5-7-12/h3-7,13-15H,2,8-11H2,1H3. The van der Waals surface area contributed by atoms with E-state index in [-0.39, 0.29) is 0 Å². The molecule has 0 aromatic heterocycles. The van der Waals surface area contributed by atoms with E-state index in [9.17, 15) is 0 Å². The summed E-state index contributed by atoms with van der Waals surface area (Å²) in [6.07, 6.45) is 5.21. The summed E-state index contributed by atoms with van der Waals surface area (Å²) < 4.78 is 0. The zero-order chi connectivity index (χ0) is 10.5. The average Bonchev–Trinajstić information content (AvgIpc) is 2.75. The van der Waals surface area contributed by atoms with Crippen LogP contribution in [0.2, 0.25) is 0 Å². The van der Waals surface area contributed by atoms with Crippen LogP contribution in [-0.2, 0) is 6.42 Å². The van der Waals surface area contributed by atoms with Gasteiger partial charge in [0, 0.05) is 6.04 Å². The SMILES string of the molecule is CCC1CCNC1CCc1ccccc1. The molecule has 15 heavy (non-hydrogen) atoms. The van der Waals surface area contributed by atoms with E-state index in [0.29, 0.717) is 0 Å². The maximum Gasteiger partial charge on any atom is 0.00988 e. The smallest absolute Gasteiger partial charge is 0.00988 e. The summed E-state index contributed by atoms with van der Waals surface area (Å²) in [5, 5.41) is 3.63. The fourth-order valence-corrected chi connectivity index (χ4v) is 2.62. The van der Waals surface area contributed by atoms with Crippen molar-refractivity contribution in [2.75, 3.05) is 6.54 Å². The molecule has 1 heterocycles. The molecule has 0 radical (unpaired) electrons. The van der Waals surface area contributed by atoms with Gasteiger partial charge in [-0.1, -0.05) is 43.7 Å². The minimum Gasteiger partial charge on any atom is -0.314 e. The van der Waals surface area contributed by atoms with Gasteiger partial charge in [-0.05, 0) is 37.3 Å². The molecule has 2 atom stereocenters. The first-order valence-electron chi connectivity index (χ1n) is 6.17. The van der Waals surface area contributed by atoms with Crippen LogP contribution in [0.4, 0.5) is 0 Å². The van der Waals surface area contributed by atoms with Crippen LogP contribution in [0.1, 0.15) is 31.7 Å². The van der Waals surface area contributed by atoms with Gasteiger partial charge in [-0.15, -0.1) is 0 Å². The number of hydrogen-bond acceptors (Lipinski definition) is 1. The number of rotatable bonds is 4. The van der Waals surface area contributed by atoms with Crippen LogP contribution in [0.15, 0.2) is 30.3 Å². The Morgan fingerprint density at radius 1 is 1.27 bits per heavy atom. The summed E-state index contributed by atoms with van der Waals surface area (Å²) in [7, 11) is 0. The second-order valence-corrected chi connectivity index (χ2v) is 4.54. The highest BCUT2D eigenvalue weighted by Gasteiger charge is 2.24. The predicted octanol–water partition coefficient (Wildman–Crippen LogP) is 3.01. The van der Waals surface area contributed by atoms with Gasteiger partial charge in [-0.25, -0.2) is 0 Å². The highest BCUT2D eigenvalue weighted by Crippen LogP contribution is 2.22. The summed E-state index contributed by atoms with van der Waals surface area (Å²) in [5.41, 5.74) is 1.47. The van der Waals surface area contributed by atoms with Crippen LogP contribution >= 0.6 is 0 Å². The van der Waals surface area contributed by atoms with Gasteiger partial charge in [0.15, 0.2) is 0 Å². The van der Waals surface area contributed by atoms with Crippen molar-refractivity contribution in [2.24, 2.45) is 5.92 Å². The lowest BCUT2D eigenvalue weighted by Gasteiger charge is -2.17. The third-order valence-electron chi connectivity index (χ3n) is 3.60. The molecule has 1 aromatic rings. The largest absolute Gasteiger partial charge is 0.314 e. The van der Waals surface area contributed by atoms with E-state index in [4.69, 9.17) is 0 Å². The van der Waals surface area contributed by atoms with Crippen molar-refractivity contribution in [3.8, 4) is 0 Å². The van der Waals surface area contributed by atoms with Gasteiger partial charge in [-0.2, -0.15) is 0 Å². The number of nitrogens with one attached hydrogen (secondary N) is 1. The van der Waals surface area contributed by atoms with E-state index in [1.54, 1.807) is 0 Å². The molecule has 1 fully saturated rings. The van der Waals surface area contributed by atoms with E-state index >= 15 is 0 Å². The Kier molecular flexibility index (Phi) is 3.79. The Labute approximate surface area is 92.9 Å². The van der Waals surface area contributed by atoms with Crippen LogP contribution in [0, 0.1) is 5.92 Å². The molecule has 1 N–H and O–H groups in total. The second kappa shape index (κ2) is 5.32. The van der Waals surface area contributed by atoms with Crippen molar-refractivity contribution in [3.05, 3.63) is 35.9 Å². The lowest BCUT2D eigenvalue weighted by atomic mass is 9.93. The fraction of sp³-hybridized carbons (Fsp3) is 0.571. The zero-order valence-corrected chi connectivity index (χ0v) is 9.58. The van der Waals surface area contributed by atoms with Crippen molar-refractivity contribution in [3.63, 3.8) is 0 Å². The molecule has 2 unspecified atom stereocenters. The zero-order valence-electron chi connectivity index (χ0n) is 9.58. The van der Waals surface area contributed by atoms with Gasteiger partial charge in [0.1, 0.15) is 0 Å². The average molecular weight is 203 g/mol. The molecular formula is C14H21N. The van der Waals surface area contributed by atoms with Crippen LogP contribution < -0.4 is 5.32 Å². The van der Waals surface area contributed by atoms with Gasteiger partial charge < -0.3 is 5.32 Å². The molecular weight excluding hydrogens is 182 g/mol. The van der Waals surface area contributed by atoms with Crippen molar-refractivity contribution in [2.45, 2.75) is 38.6 Å². The summed E-state index contributed by atoms with van der Waals surface area (Å²) in [6, 6.07) is 11.6. The Hall–Kier alpha value is -0.820. The van der Waals surface area contributed by atoms with E-state index in [1.165, 1.54) is 37.8 Å². The van der Waals surface area contributed by atoms with E-state index in [2.05, 4.69) is 42.6 Å². The first-order chi connectivity index (χ1) is 7.40. The van der Waals surface area contributed by atoms with Gasteiger partial charge in [0.2, 0.25) is 0 Å². The maximum absolute atomic E-state index is 3.63.